The normalized spacial score (nSPS) is 20.9. The number of alkyl halides is 4. The smallest absolute Gasteiger partial charge is 0.383 e. The Kier molecular flexibility index (Phi) is 6.11. The van der Waals surface area contributed by atoms with E-state index in [9.17, 15) is 27.1 Å². The Bertz CT molecular complexity index is 706. The first-order chi connectivity index (χ1) is 12.1. The number of anilines is 2. The Hall–Kier alpha value is -2.30. The quantitative estimate of drug-likeness (QED) is 0.658. The second-order valence-corrected chi connectivity index (χ2v) is 5.66. The summed E-state index contributed by atoms with van der Waals surface area (Å²) in [5.74, 6) is -1.99. The molecule has 11 heteroatoms. The Balaban J connectivity index is 2.42. The van der Waals surface area contributed by atoms with E-state index in [1.807, 2.05) is 12.2 Å². The van der Waals surface area contributed by atoms with Crippen molar-refractivity contribution in [3.63, 3.8) is 0 Å². The average Bonchev–Trinajstić information content (AvgIpc) is 2.57. The number of nitrogens with zero attached hydrogens (tertiary/aromatic N) is 3. The van der Waals surface area contributed by atoms with Crippen molar-refractivity contribution in [1.29, 1.82) is 0 Å². The number of allylic oxidation sites excluding steroid dienone is 2. The van der Waals surface area contributed by atoms with Gasteiger partial charge in [-0.05, 0) is 19.3 Å². The van der Waals surface area contributed by atoms with Gasteiger partial charge in [0.2, 0.25) is 11.9 Å². The lowest BCUT2D eigenvalue weighted by Crippen LogP contribution is -2.28. The number of rotatable bonds is 6. The second kappa shape index (κ2) is 7.94. The molecule has 6 nitrogen and oxygen atoms in total. The monoisotopic (exact) mass is 379 g/mol. The van der Waals surface area contributed by atoms with Gasteiger partial charge in [0.1, 0.15) is 23.8 Å². The molecular formula is C15H18F5N5O. The first kappa shape index (κ1) is 20.0. The van der Waals surface area contributed by atoms with E-state index in [0.717, 1.165) is 0 Å². The molecular weight excluding hydrogens is 361 g/mol. The highest BCUT2D eigenvalue weighted by molar-refractivity contribution is 5.65. The summed E-state index contributed by atoms with van der Waals surface area (Å²) in [6.07, 6.45) is -8.04. The lowest BCUT2D eigenvalue weighted by molar-refractivity contribution is -0.0899. The summed E-state index contributed by atoms with van der Waals surface area (Å²) in [5, 5.41) is 14.2. The Labute approximate surface area is 146 Å². The summed E-state index contributed by atoms with van der Waals surface area (Å²) in [5.41, 5.74) is -1.48. The zero-order valence-electron chi connectivity index (χ0n) is 13.9. The SMILES string of the molecule is C=C(Nc1nc(NCCC)nc(C2=C(F)C(O)[C@@H](F)CC2)n1)C(F)(F)F. The van der Waals surface area contributed by atoms with Crippen molar-refractivity contribution in [3.8, 4) is 0 Å². The van der Waals surface area contributed by atoms with Gasteiger partial charge in [-0.1, -0.05) is 13.5 Å². The predicted octanol–water partition coefficient (Wildman–Crippen LogP) is 3.35. The van der Waals surface area contributed by atoms with Crippen LogP contribution in [0.3, 0.4) is 0 Å². The molecule has 26 heavy (non-hydrogen) atoms. The van der Waals surface area contributed by atoms with E-state index >= 15 is 0 Å². The molecule has 1 aliphatic rings. The van der Waals surface area contributed by atoms with Crippen molar-refractivity contribution in [3.05, 3.63) is 23.9 Å². The highest BCUT2D eigenvalue weighted by atomic mass is 19.4. The third-order valence-electron chi connectivity index (χ3n) is 3.60. The van der Waals surface area contributed by atoms with Gasteiger partial charge in [-0.3, -0.25) is 0 Å². The number of halogens is 5. The molecule has 1 aliphatic carbocycles. The summed E-state index contributed by atoms with van der Waals surface area (Å²) in [6.45, 7) is 5.12. The third-order valence-corrected chi connectivity index (χ3v) is 3.60. The largest absolute Gasteiger partial charge is 0.430 e. The van der Waals surface area contributed by atoms with Crippen LogP contribution in [0.4, 0.5) is 33.8 Å². The molecule has 0 spiro atoms. The molecule has 1 unspecified atom stereocenters. The summed E-state index contributed by atoms with van der Waals surface area (Å²) in [7, 11) is 0. The first-order valence-electron chi connectivity index (χ1n) is 7.87. The molecule has 0 fully saturated rings. The Morgan fingerprint density at radius 2 is 1.92 bits per heavy atom. The maximum atomic E-state index is 14.2. The molecule has 1 aromatic heterocycles. The van der Waals surface area contributed by atoms with E-state index in [4.69, 9.17) is 0 Å². The molecule has 0 radical (unpaired) electrons. The Morgan fingerprint density at radius 1 is 1.27 bits per heavy atom. The molecule has 3 N–H and O–H groups in total. The maximum Gasteiger partial charge on any atom is 0.430 e. The highest BCUT2D eigenvalue weighted by Gasteiger charge is 2.34. The van der Waals surface area contributed by atoms with Crippen LogP contribution >= 0.6 is 0 Å². The minimum Gasteiger partial charge on any atom is -0.383 e. The molecule has 0 amide bonds. The summed E-state index contributed by atoms with van der Waals surface area (Å²) in [4.78, 5) is 11.5. The van der Waals surface area contributed by atoms with Crippen molar-refractivity contribution in [2.75, 3.05) is 17.2 Å². The summed E-state index contributed by atoms with van der Waals surface area (Å²) in [6, 6.07) is 0. The number of aliphatic hydroxyl groups is 1. The Morgan fingerprint density at radius 3 is 2.54 bits per heavy atom. The van der Waals surface area contributed by atoms with E-state index in [2.05, 4.69) is 26.8 Å². The van der Waals surface area contributed by atoms with E-state index in [1.165, 1.54) is 0 Å². The number of hydrogen-bond donors (Lipinski definition) is 3. The molecule has 2 rings (SSSR count). The molecule has 2 atom stereocenters. The molecule has 0 saturated heterocycles. The molecule has 1 aromatic rings. The summed E-state index contributed by atoms with van der Waals surface area (Å²) >= 11 is 0. The number of hydrogen-bond acceptors (Lipinski definition) is 6. The van der Waals surface area contributed by atoms with E-state index in [1.54, 1.807) is 0 Å². The van der Waals surface area contributed by atoms with Gasteiger partial charge in [0.15, 0.2) is 5.82 Å². The molecule has 0 saturated carbocycles. The van der Waals surface area contributed by atoms with Crippen LogP contribution in [0.15, 0.2) is 18.1 Å². The van der Waals surface area contributed by atoms with Gasteiger partial charge in [-0.2, -0.15) is 28.1 Å². The van der Waals surface area contributed by atoms with E-state index in [0.29, 0.717) is 13.0 Å². The lowest BCUT2D eigenvalue weighted by Gasteiger charge is -2.23. The van der Waals surface area contributed by atoms with Crippen LogP contribution in [0.2, 0.25) is 0 Å². The fourth-order valence-corrected chi connectivity index (χ4v) is 2.20. The van der Waals surface area contributed by atoms with Gasteiger partial charge < -0.3 is 15.7 Å². The number of aliphatic hydroxyl groups excluding tert-OH is 1. The van der Waals surface area contributed by atoms with Crippen LogP contribution in [-0.2, 0) is 0 Å². The van der Waals surface area contributed by atoms with Crippen LogP contribution in [-0.4, -0.2) is 45.1 Å². The molecule has 0 aromatic carbocycles. The zero-order valence-corrected chi connectivity index (χ0v) is 13.9. The standard InChI is InChI=1S/C15H18F5N5O/c1-3-6-21-13-23-12(8-4-5-9(16)11(26)10(8)17)24-14(25-13)22-7(2)15(18,19)20/h9,11,26H,2-6H2,1H3,(H2,21,22,23,24,25)/t9-,11?/m0/s1. The van der Waals surface area contributed by atoms with Crippen molar-refractivity contribution in [2.24, 2.45) is 0 Å². The number of nitrogens with one attached hydrogen (secondary N) is 2. The maximum absolute atomic E-state index is 14.2. The molecule has 1 heterocycles. The predicted molar refractivity (Wildman–Crippen MR) is 85.6 cm³/mol. The highest BCUT2D eigenvalue weighted by Crippen LogP contribution is 2.34. The number of aromatic nitrogens is 3. The minimum absolute atomic E-state index is 0.0773. The van der Waals surface area contributed by atoms with Crippen molar-refractivity contribution >= 4 is 17.5 Å². The average molecular weight is 379 g/mol. The van der Waals surface area contributed by atoms with E-state index in [-0.39, 0.29) is 30.2 Å². The van der Waals surface area contributed by atoms with Crippen LogP contribution < -0.4 is 10.6 Å². The van der Waals surface area contributed by atoms with E-state index < -0.39 is 35.9 Å². The topological polar surface area (TPSA) is 83.0 Å². The van der Waals surface area contributed by atoms with Crippen molar-refractivity contribution in [2.45, 2.75) is 44.6 Å². The minimum atomic E-state index is -4.73. The van der Waals surface area contributed by atoms with Gasteiger partial charge in [-0.25, -0.2) is 8.78 Å². The van der Waals surface area contributed by atoms with Gasteiger partial charge >= 0.3 is 6.18 Å². The molecule has 144 valence electrons. The van der Waals surface area contributed by atoms with Gasteiger partial charge in [0.05, 0.1) is 0 Å². The fraction of sp³-hybridized carbons (Fsp3) is 0.533. The van der Waals surface area contributed by atoms with Crippen LogP contribution in [0, 0.1) is 0 Å². The van der Waals surface area contributed by atoms with Gasteiger partial charge in [0.25, 0.3) is 0 Å². The zero-order chi connectivity index (χ0) is 19.5. The fourth-order valence-electron chi connectivity index (χ4n) is 2.20. The van der Waals surface area contributed by atoms with Crippen molar-refractivity contribution in [1.82, 2.24) is 15.0 Å². The third kappa shape index (κ3) is 4.65. The lowest BCUT2D eigenvalue weighted by atomic mass is 9.94. The second-order valence-electron chi connectivity index (χ2n) is 5.66. The summed E-state index contributed by atoms with van der Waals surface area (Å²) < 4.78 is 65.6. The van der Waals surface area contributed by atoms with Gasteiger partial charge in [0, 0.05) is 12.1 Å². The van der Waals surface area contributed by atoms with Crippen molar-refractivity contribution < 1.29 is 27.1 Å². The van der Waals surface area contributed by atoms with Crippen LogP contribution in [0.5, 0.6) is 0 Å². The van der Waals surface area contributed by atoms with Crippen LogP contribution in [0.1, 0.15) is 32.0 Å². The molecule has 0 bridgehead atoms. The van der Waals surface area contributed by atoms with Crippen LogP contribution in [0.25, 0.3) is 5.57 Å². The molecule has 0 aliphatic heterocycles. The van der Waals surface area contributed by atoms with Gasteiger partial charge in [-0.15, -0.1) is 0 Å². The first-order valence-corrected chi connectivity index (χ1v) is 7.87.